The Morgan fingerprint density at radius 1 is 1.37 bits per heavy atom. The Hall–Kier alpha value is -2.30. The molecule has 3 atom stereocenters. The zero-order chi connectivity index (χ0) is 21.6. The molecule has 0 spiro atoms. The summed E-state index contributed by atoms with van der Waals surface area (Å²) < 4.78 is 7.82. The molecule has 0 bridgehead atoms. The fourth-order valence-electron chi connectivity index (χ4n) is 3.51. The van der Waals surface area contributed by atoms with E-state index in [1.807, 2.05) is 6.07 Å². The van der Waals surface area contributed by atoms with Gasteiger partial charge in [0.15, 0.2) is 0 Å². The van der Waals surface area contributed by atoms with Crippen LogP contribution in [0.2, 0.25) is 0 Å². The maximum absolute atomic E-state index is 6.07. The Labute approximate surface area is 180 Å². The van der Waals surface area contributed by atoms with Gasteiger partial charge in [-0.2, -0.15) is 5.10 Å². The molecule has 8 nitrogen and oxygen atoms in total. The lowest BCUT2D eigenvalue weighted by molar-refractivity contribution is 0.385. The van der Waals surface area contributed by atoms with E-state index in [1.54, 1.807) is 17.2 Å². The molecule has 3 aromatic heterocycles. The standard InChI is InChI=1S/C20H27N7OP2/c1-6-27-14(11(2)17(29)30)9-13(25-27)16-15-12(21-10-22-15)7-8-26(16)19-24-23-18(28-19)20(3,4)5/h6,9-10,16-17H,1-2,7-8,29-30H2,3-5H3,(H,21,22)/t16-/m1/s1. The molecule has 0 fully saturated rings. The molecular weight excluding hydrogens is 416 g/mol. The molecule has 0 saturated carbocycles. The van der Waals surface area contributed by atoms with E-state index in [9.17, 15) is 0 Å². The number of fused-ring (bicyclic) bond motifs is 1. The number of nitrogens with zero attached hydrogens (tertiary/aromatic N) is 6. The van der Waals surface area contributed by atoms with Crippen molar-refractivity contribution in [3.63, 3.8) is 0 Å². The number of hydrogen-bond acceptors (Lipinski definition) is 6. The van der Waals surface area contributed by atoms with Crippen LogP contribution in [0.1, 0.15) is 55.5 Å². The summed E-state index contributed by atoms with van der Waals surface area (Å²) in [6, 6.07) is 2.25. The minimum atomic E-state index is -0.256. The lowest BCUT2D eigenvalue weighted by atomic mass is 9.97. The van der Waals surface area contributed by atoms with E-state index in [-0.39, 0.29) is 16.9 Å². The summed E-state index contributed by atoms with van der Waals surface area (Å²) in [7, 11) is 5.48. The molecule has 1 aliphatic heterocycles. The average molecular weight is 443 g/mol. The molecular formula is C20H27N7OP2. The van der Waals surface area contributed by atoms with Crippen molar-refractivity contribution in [1.82, 2.24) is 29.9 Å². The topological polar surface area (TPSA) is 88.7 Å². The fourth-order valence-corrected chi connectivity index (χ4v) is 3.86. The number of imidazole rings is 1. The highest BCUT2D eigenvalue weighted by Gasteiger charge is 2.37. The monoisotopic (exact) mass is 443 g/mol. The third-order valence-corrected chi connectivity index (χ3v) is 5.97. The molecule has 0 amide bonds. The summed E-state index contributed by atoms with van der Waals surface area (Å²) in [5, 5.41) is 13.5. The first kappa shape index (κ1) is 21.0. The van der Waals surface area contributed by atoms with Crippen LogP contribution < -0.4 is 4.90 Å². The van der Waals surface area contributed by atoms with Gasteiger partial charge in [0.05, 0.1) is 23.4 Å². The molecule has 0 saturated heterocycles. The fraction of sp³-hybridized carbons (Fsp3) is 0.400. The van der Waals surface area contributed by atoms with E-state index in [4.69, 9.17) is 9.52 Å². The maximum atomic E-state index is 6.07. The van der Waals surface area contributed by atoms with E-state index in [0.29, 0.717) is 18.5 Å². The highest BCUT2D eigenvalue weighted by atomic mass is 31.1. The van der Waals surface area contributed by atoms with Crippen molar-refractivity contribution in [2.24, 2.45) is 0 Å². The van der Waals surface area contributed by atoms with Crippen molar-refractivity contribution in [1.29, 1.82) is 0 Å². The molecule has 0 radical (unpaired) electrons. The van der Waals surface area contributed by atoms with E-state index in [2.05, 4.69) is 77.5 Å². The van der Waals surface area contributed by atoms with Gasteiger partial charge in [-0.1, -0.05) is 39.0 Å². The van der Waals surface area contributed by atoms with Crippen molar-refractivity contribution >= 4 is 36.3 Å². The van der Waals surface area contributed by atoms with Gasteiger partial charge in [-0.05, 0) is 11.6 Å². The number of aromatic nitrogens is 6. The Kier molecular flexibility index (Phi) is 5.41. The normalized spacial score (nSPS) is 16.7. The summed E-state index contributed by atoms with van der Waals surface area (Å²) in [4.78, 5) is 9.93. The molecule has 4 rings (SSSR count). The molecule has 158 valence electrons. The molecule has 1 aliphatic rings. The van der Waals surface area contributed by atoms with Crippen LogP contribution in [-0.4, -0.2) is 41.9 Å². The second-order valence-corrected chi connectivity index (χ2v) is 10.6. The van der Waals surface area contributed by atoms with Crippen LogP contribution in [0.25, 0.3) is 11.8 Å². The first-order chi connectivity index (χ1) is 14.2. The quantitative estimate of drug-likeness (QED) is 0.606. The zero-order valence-electron chi connectivity index (χ0n) is 17.5. The molecule has 3 aromatic rings. The minimum Gasteiger partial charge on any atom is -0.407 e. The molecule has 30 heavy (non-hydrogen) atoms. The van der Waals surface area contributed by atoms with Crippen LogP contribution in [0.3, 0.4) is 0 Å². The number of hydrogen-bond donors (Lipinski definition) is 1. The Bertz CT molecular complexity index is 1090. The van der Waals surface area contributed by atoms with Crippen LogP contribution >= 0.6 is 18.5 Å². The highest BCUT2D eigenvalue weighted by Crippen LogP contribution is 2.38. The Balaban J connectivity index is 1.81. The largest absolute Gasteiger partial charge is 0.407 e. The van der Waals surface area contributed by atoms with Crippen molar-refractivity contribution in [3.05, 3.63) is 54.2 Å². The average Bonchev–Trinajstić information content (AvgIpc) is 3.44. The Morgan fingerprint density at radius 3 is 2.77 bits per heavy atom. The van der Waals surface area contributed by atoms with Gasteiger partial charge in [-0.15, -0.1) is 23.6 Å². The summed E-state index contributed by atoms with van der Waals surface area (Å²) in [6.45, 7) is 15.0. The summed E-state index contributed by atoms with van der Waals surface area (Å²) in [5.74, 6) is 0.601. The lowest BCUT2D eigenvalue weighted by Crippen LogP contribution is -2.37. The smallest absolute Gasteiger partial charge is 0.319 e. The van der Waals surface area contributed by atoms with Crippen LogP contribution in [0.15, 0.2) is 30.0 Å². The number of aromatic amines is 1. The zero-order valence-corrected chi connectivity index (χ0v) is 19.8. The number of H-pyrrole nitrogens is 1. The van der Waals surface area contributed by atoms with Gasteiger partial charge < -0.3 is 14.3 Å². The SMILES string of the molecule is C=Cn1nc([C@@H]2c3nc[nH]c3CCN2c2nnc(C(C)(C)C)o2)cc1C(=C)C(P)P. The van der Waals surface area contributed by atoms with Crippen molar-refractivity contribution in [2.75, 3.05) is 11.4 Å². The second-order valence-electron chi connectivity index (χ2n) is 8.38. The molecule has 0 aromatic carbocycles. The van der Waals surface area contributed by atoms with E-state index in [0.717, 1.165) is 34.8 Å². The maximum Gasteiger partial charge on any atom is 0.319 e. The van der Waals surface area contributed by atoms with Gasteiger partial charge in [0.2, 0.25) is 5.89 Å². The van der Waals surface area contributed by atoms with E-state index in [1.165, 1.54) is 0 Å². The Morgan fingerprint density at radius 2 is 2.13 bits per heavy atom. The van der Waals surface area contributed by atoms with Gasteiger partial charge in [0.1, 0.15) is 6.04 Å². The third kappa shape index (κ3) is 3.63. The molecule has 1 N–H and O–H groups in total. The number of nitrogens with one attached hydrogen (secondary N) is 1. The van der Waals surface area contributed by atoms with Gasteiger partial charge in [-0.3, -0.25) is 0 Å². The van der Waals surface area contributed by atoms with Crippen molar-refractivity contribution in [3.8, 4) is 0 Å². The van der Waals surface area contributed by atoms with E-state index < -0.39 is 0 Å². The van der Waals surface area contributed by atoms with Crippen LogP contribution in [-0.2, 0) is 11.8 Å². The minimum absolute atomic E-state index is 0.127. The number of allylic oxidation sites excluding steroid dienone is 1. The molecule has 4 heterocycles. The predicted octanol–water partition coefficient (Wildman–Crippen LogP) is 3.63. The van der Waals surface area contributed by atoms with Crippen LogP contribution in [0.5, 0.6) is 0 Å². The second kappa shape index (κ2) is 7.75. The molecule has 2 unspecified atom stereocenters. The molecule has 0 aliphatic carbocycles. The highest BCUT2D eigenvalue weighted by molar-refractivity contribution is 7.39. The van der Waals surface area contributed by atoms with Gasteiger partial charge in [-0.25, -0.2) is 9.67 Å². The van der Waals surface area contributed by atoms with Crippen molar-refractivity contribution < 1.29 is 4.42 Å². The van der Waals surface area contributed by atoms with Gasteiger partial charge >= 0.3 is 6.01 Å². The summed E-state index contributed by atoms with van der Waals surface area (Å²) in [5.41, 5.74) is 4.44. The van der Waals surface area contributed by atoms with Crippen LogP contribution in [0, 0.1) is 0 Å². The first-order valence-electron chi connectivity index (χ1n) is 9.75. The number of anilines is 1. The first-order valence-corrected chi connectivity index (χ1v) is 11.1. The summed E-state index contributed by atoms with van der Waals surface area (Å²) in [6.07, 6.45) is 4.21. The third-order valence-electron chi connectivity index (χ3n) is 5.17. The predicted molar refractivity (Wildman–Crippen MR) is 125 cm³/mol. The van der Waals surface area contributed by atoms with E-state index >= 15 is 0 Å². The van der Waals surface area contributed by atoms with Gasteiger partial charge in [0.25, 0.3) is 0 Å². The number of rotatable bonds is 5. The molecule has 10 heteroatoms. The van der Waals surface area contributed by atoms with Crippen molar-refractivity contribution in [2.45, 2.75) is 44.0 Å². The van der Waals surface area contributed by atoms with Crippen LogP contribution in [0.4, 0.5) is 6.01 Å². The summed E-state index contributed by atoms with van der Waals surface area (Å²) >= 11 is 0. The van der Waals surface area contributed by atoms with Gasteiger partial charge in [0, 0.05) is 35.7 Å². The lowest BCUT2D eigenvalue weighted by Gasteiger charge is -2.32.